The summed E-state index contributed by atoms with van der Waals surface area (Å²) in [6.07, 6.45) is 1.03. The topological polar surface area (TPSA) is 61.1 Å². The molecule has 1 aromatic rings. The molecule has 0 heterocycles. The molecule has 0 saturated heterocycles. The lowest BCUT2D eigenvalue weighted by Gasteiger charge is -1.92. The van der Waals surface area contributed by atoms with Crippen molar-refractivity contribution in [1.29, 1.82) is 5.26 Å². The number of hydrogen-bond donors (Lipinski definition) is 1. The van der Waals surface area contributed by atoms with Crippen molar-refractivity contribution in [3.05, 3.63) is 35.4 Å². The Kier molecular flexibility index (Phi) is 5.90. The van der Waals surface area contributed by atoms with E-state index in [1.807, 2.05) is 24.3 Å². The van der Waals surface area contributed by atoms with Gasteiger partial charge in [0.1, 0.15) is 0 Å². The normalized spacial score (nSPS) is 7.69. The summed E-state index contributed by atoms with van der Waals surface area (Å²) < 4.78 is 0. The van der Waals surface area contributed by atoms with Crippen LogP contribution in [0.25, 0.3) is 0 Å². The van der Waals surface area contributed by atoms with Gasteiger partial charge in [0, 0.05) is 0 Å². The summed E-state index contributed by atoms with van der Waals surface area (Å²) in [6, 6.07) is 9.74. The van der Waals surface area contributed by atoms with E-state index in [-0.39, 0.29) is 6.47 Å². The summed E-state index contributed by atoms with van der Waals surface area (Å²) in [5.74, 6) is 0. The molecular weight excluding hydrogens is 166 g/mol. The Morgan fingerprint density at radius 1 is 1.46 bits per heavy atom. The highest BCUT2D eigenvalue weighted by atomic mass is 16.3. The second kappa shape index (κ2) is 6.86. The zero-order valence-electron chi connectivity index (χ0n) is 7.40. The zero-order chi connectivity index (χ0) is 10.1. The number of rotatable bonds is 1. The second-order valence-corrected chi connectivity index (χ2v) is 2.27. The van der Waals surface area contributed by atoms with Gasteiger partial charge in [0.05, 0.1) is 11.6 Å². The number of aryl methyl sites for hydroxylation is 1. The van der Waals surface area contributed by atoms with Crippen LogP contribution in [0.1, 0.15) is 18.1 Å². The lowest BCUT2D eigenvalue weighted by molar-refractivity contribution is -0.122. The molecule has 0 aliphatic heterocycles. The molecular formula is C10H11NO2. The van der Waals surface area contributed by atoms with Gasteiger partial charge in [-0.1, -0.05) is 19.1 Å². The Morgan fingerprint density at radius 3 is 2.23 bits per heavy atom. The molecule has 0 aliphatic carbocycles. The van der Waals surface area contributed by atoms with E-state index < -0.39 is 0 Å². The number of carbonyl (C=O) groups is 1. The van der Waals surface area contributed by atoms with E-state index in [1.54, 1.807) is 0 Å². The van der Waals surface area contributed by atoms with Gasteiger partial charge in [-0.3, -0.25) is 4.79 Å². The summed E-state index contributed by atoms with van der Waals surface area (Å²) in [5, 5.41) is 15.3. The highest BCUT2D eigenvalue weighted by Crippen LogP contribution is 2.02. The van der Waals surface area contributed by atoms with Crippen LogP contribution in [0, 0.1) is 11.3 Å². The van der Waals surface area contributed by atoms with Gasteiger partial charge in [-0.2, -0.15) is 5.26 Å². The van der Waals surface area contributed by atoms with Crippen molar-refractivity contribution < 1.29 is 9.90 Å². The van der Waals surface area contributed by atoms with Crippen LogP contribution >= 0.6 is 0 Å². The van der Waals surface area contributed by atoms with Gasteiger partial charge in [0.2, 0.25) is 0 Å². The third-order valence-corrected chi connectivity index (χ3v) is 1.49. The van der Waals surface area contributed by atoms with Gasteiger partial charge in [-0.25, -0.2) is 0 Å². The van der Waals surface area contributed by atoms with Gasteiger partial charge >= 0.3 is 0 Å². The molecule has 0 aromatic heterocycles. The molecule has 0 saturated carbocycles. The van der Waals surface area contributed by atoms with E-state index >= 15 is 0 Å². The smallest absolute Gasteiger partial charge is 0.290 e. The predicted molar refractivity (Wildman–Crippen MR) is 49.2 cm³/mol. The third-order valence-electron chi connectivity index (χ3n) is 1.49. The van der Waals surface area contributed by atoms with Crippen molar-refractivity contribution in [3.63, 3.8) is 0 Å². The van der Waals surface area contributed by atoms with E-state index in [0.717, 1.165) is 12.0 Å². The lowest BCUT2D eigenvalue weighted by atomic mass is 10.1. The predicted octanol–water partition coefficient (Wildman–Crippen LogP) is 1.82. The monoisotopic (exact) mass is 177 g/mol. The van der Waals surface area contributed by atoms with E-state index in [4.69, 9.17) is 15.2 Å². The number of nitriles is 1. The van der Waals surface area contributed by atoms with Crippen molar-refractivity contribution in [2.24, 2.45) is 0 Å². The molecule has 0 atom stereocenters. The van der Waals surface area contributed by atoms with Crippen molar-refractivity contribution >= 4 is 6.47 Å². The molecule has 0 unspecified atom stereocenters. The van der Waals surface area contributed by atoms with Crippen molar-refractivity contribution in [2.45, 2.75) is 13.3 Å². The van der Waals surface area contributed by atoms with E-state index in [2.05, 4.69) is 13.0 Å². The third kappa shape index (κ3) is 4.59. The average molecular weight is 177 g/mol. The highest BCUT2D eigenvalue weighted by Gasteiger charge is 1.88. The van der Waals surface area contributed by atoms with Crippen molar-refractivity contribution in [1.82, 2.24) is 0 Å². The van der Waals surface area contributed by atoms with Crippen LogP contribution in [0.15, 0.2) is 24.3 Å². The summed E-state index contributed by atoms with van der Waals surface area (Å²) >= 11 is 0. The maximum absolute atomic E-state index is 8.45. The van der Waals surface area contributed by atoms with Crippen molar-refractivity contribution in [3.8, 4) is 6.07 Å². The minimum absolute atomic E-state index is 0.250. The number of benzene rings is 1. The summed E-state index contributed by atoms with van der Waals surface area (Å²) in [7, 11) is 0. The molecule has 3 nitrogen and oxygen atoms in total. The van der Waals surface area contributed by atoms with Crippen LogP contribution in [0.5, 0.6) is 0 Å². The molecule has 1 rings (SSSR count). The molecule has 0 fully saturated rings. The minimum atomic E-state index is -0.250. The first-order valence-corrected chi connectivity index (χ1v) is 3.85. The summed E-state index contributed by atoms with van der Waals surface area (Å²) in [4.78, 5) is 8.36. The largest absolute Gasteiger partial charge is 0.483 e. The van der Waals surface area contributed by atoms with Gasteiger partial charge in [-0.05, 0) is 24.1 Å². The van der Waals surface area contributed by atoms with Crippen LogP contribution in [0.2, 0.25) is 0 Å². The molecule has 0 bridgehead atoms. The number of nitrogens with zero attached hydrogens (tertiary/aromatic N) is 1. The van der Waals surface area contributed by atoms with Gasteiger partial charge in [-0.15, -0.1) is 0 Å². The van der Waals surface area contributed by atoms with Crippen LogP contribution in [0.4, 0.5) is 0 Å². The fraction of sp³-hybridized carbons (Fsp3) is 0.200. The molecule has 1 aromatic carbocycles. The zero-order valence-corrected chi connectivity index (χ0v) is 7.40. The molecule has 0 spiro atoms. The molecule has 68 valence electrons. The Hall–Kier alpha value is -1.82. The van der Waals surface area contributed by atoms with Gasteiger partial charge in [0.15, 0.2) is 0 Å². The Labute approximate surface area is 77.2 Å². The standard InChI is InChI=1S/C9H9N.CH2O2/c1-2-8-3-5-9(7-10)6-4-8;2-1-3/h3-6H,2H2,1H3;1H,(H,2,3). The number of hydrogen-bond acceptors (Lipinski definition) is 2. The van der Waals surface area contributed by atoms with E-state index in [1.165, 1.54) is 5.56 Å². The van der Waals surface area contributed by atoms with Crippen LogP contribution < -0.4 is 0 Å². The molecule has 13 heavy (non-hydrogen) atoms. The quantitative estimate of drug-likeness (QED) is 0.665. The molecule has 0 aliphatic rings. The minimum Gasteiger partial charge on any atom is -0.483 e. The van der Waals surface area contributed by atoms with E-state index in [9.17, 15) is 0 Å². The van der Waals surface area contributed by atoms with Crippen LogP contribution in [0.3, 0.4) is 0 Å². The lowest BCUT2D eigenvalue weighted by Crippen LogP contribution is -1.78. The van der Waals surface area contributed by atoms with Crippen LogP contribution in [-0.2, 0) is 11.2 Å². The SMILES string of the molecule is CCc1ccc(C#N)cc1.O=CO. The first-order chi connectivity index (χ1) is 6.28. The molecule has 0 radical (unpaired) electrons. The van der Waals surface area contributed by atoms with Gasteiger partial charge < -0.3 is 5.11 Å². The highest BCUT2D eigenvalue weighted by molar-refractivity contribution is 5.32. The molecule has 1 N–H and O–H groups in total. The van der Waals surface area contributed by atoms with Crippen LogP contribution in [-0.4, -0.2) is 11.6 Å². The maximum Gasteiger partial charge on any atom is 0.290 e. The second-order valence-electron chi connectivity index (χ2n) is 2.27. The Balaban J connectivity index is 0.000000424. The summed E-state index contributed by atoms with van der Waals surface area (Å²) in [6.45, 7) is 1.85. The summed E-state index contributed by atoms with van der Waals surface area (Å²) in [5.41, 5.74) is 2.01. The van der Waals surface area contributed by atoms with Crippen molar-refractivity contribution in [2.75, 3.05) is 0 Å². The molecule has 0 amide bonds. The molecule has 3 heteroatoms. The Bertz CT molecular complexity index is 285. The fourth-order valence-corrected chi connectivity index (χ4v) is 0.815. The average Bonchev–Trinajstić information content (AvgIpc) is 2.19. The maximum atomic E-state index is 8.45. The van der Waals surface area contributed by atoms with Gasteiger partial charge in [0.25, 0.3) is 6.47 Å². The van der Waals surface area contributed by atoms with E-state index in [0.29, 0.717) is 0 Å². The first kappa shape index (κ1) is 11.2. The first-order valence-electron chi connectivity index (χ1n) is 3.85. The Morgan fingerprint density at radius 2 is 1.92 bits per heavy atom. The number of carboxylic acid groups (broad SMARTS) is 1. The fourth-order valence-electron chi connectivity index (χ4n) is 0.815.